The van der Waals surface area contributed by atoms with Crippen LogP contribution in [0.5, 0.6) is 0 Å². The van der Waals surface area contributed by atoms with E-state index in [0.29, 0.717) is 12.2 Å². The Labute approximate surface area is 110 Å². The maximum atomic E-state index is 11.4. The molecule has 18 heavy (non-hydrogen) atoms. The van der Waals surface area contributed by atoms with Gasteiger partial charge >= 0.3 is 5.97 Å². The number of hydrogen-bond acceptors (Lipinski definition) is 6. The van der Waals surface area contributed by atoms with Gasteiger partial charge < -0.3 is 15.4 Å². The van der Waals surface area contributed by atoms with Crippen molar-refractivity contribution in [3.05, 3.63) is 18.1 Å². The number of ether oxygens (including phenoxy) is 1. The molecule has 96 valence electrons. The molecule has 7 heteroatoms. The van der Waals surface area contributed by atoms with Crippen LogP contribution in [0, 0.1) is 5.92 Å². The molecule has 0 radical (unpaired) electrons. The third-order valence-electron chi connectivity index (χ3n) is 2.94. The van der Waals surface area contributed by atoms with Crippen LogP contribution in [-0.4, -0.2) is 41.1 Å². The molecule has 1 atom stereocenters. The Bertz CT molecular complexity index is 463. The molecule has 1 fully saturated rings. The summed E-state index contributed by atoms with van der Waals surface area (Å²) in [6.07, 6.45) is 3.93. The van der Waals surface area contributed by atoms with Gasteiger partial charge in [-0.2, -0.15) is 0 Å². The number of nitrogens with zero attached hydrogens (tertiary/aromatic N) is 3. The predicted molar refractivity (Wildman–Crippen MR) is 70.3 cm³/mol. The minimum atomic E-state index is -0.176. The molecule has 1 aliphatic heterocycles. The van der Waals surface area contributed by atoms with Crippen molar-refractivity contribution in [2.24, 2.45) is 11.7 Å². The molecule has 0 aromatic carbocycles. The Kier molecular flexibility index (Phi) is 3.71. The third kappa shape index (κ3) is 2.56. The molecule has 2 N–H and O–H groups in total. The zero-order valence-corrected chi connectivity index (χ0v) is 10.8. The molecule has 0 aliphatic carbocycles. The van der Waals surface area contributed by atoms with Crippen molar-refractivity contribution in [2.75, 3.05) is 25.1 Å². The maximum Gasteiger partial charge on any atom is 0.310 e. The van der Waals surface area contributed by atoms with Crippen molar-refractivity contribution >= 4 is 29.0 Å². The lowest BCUT2D eigenvalue weighted by molar-refractivity contribution is -0.144. The summed E-state index contributed by atoms with van der Waals surface area (Å²) in [6.45, 7) is 1.37. The number of esters is 1. The second-order valence-corrected chi connectivity index (χ2v) is 4.52. The summed E-state index contributed by atoms with van der Waals surface area (Å²) in [7, 11) is 1.40. The lowest BCUT2D eigenvalue weighted by Crippen LogP contribution is -2.24. The van der Waals surface area contributed by atoms with Gasteiger partial charge in [0.2, 0.25) is 0 Å². The zero-order valence-electron chi connectivity index (χ0n) is 10.00. The molecule has 6 nitrogen and oxygen atoms in total. The van der Waals surface area contributed by atoms with Crippen LogP contribution in [0.4, 0.5) is 5.82 Å². The normalized spacial score (nSPS) is 18.7. The van der Waals surface area contributed by atoms with E-state index in [1.807, 2.05) is 4.90 Å². The first-order chi connectivity index (χ1) is 8.61. The van der Waals surface area contributed by atoms with Gasteiger partial charge in [-0.25, -0.2) is 9.97 Å². The third-order valence-corrected chi connectivity index (χ3v) is 3.15. The van der Waals surface area contributed by atoms with E-state index in [2.05, 4.69) is 9.97 Å². The fourth-order valence-corrected chi connectivity index (χ4v) is 2.04. The Morgan fingerprint density at radius 1 is 1.56 bits per heavy atom. The van der Waals surface area contributed by atoms with Gasteiger partial charge in [-0.15, -0.1) is 0 Å². The maximum absolute atomic E-state index is 11.4. The topological polar surface area (TPSA) is 81.3 Å². The van der Waals surface area contributed by atoms with Crippen LogP contribution in [0.15, 0.2) is 12.4 Å². The summed E-state index contributed by atoms with van der Waals surface area (Å²) in [5.41, 5.74) is 5.95. The molecule has 0 bridgehead atoms. The van der Waals surface area contributed by atoms with Gasteiger partial charge in [-0.05, 0) is 6.42 Å². The average molecular weight is 266 g/mol. The number of rotatable bonds is 3. The molecular weight excluding hydrogens is 252 g/mol. The second-order valence-electron chi connectivity index (χ2n) is 4.08. The molecule has 2 heterocycles. The van der Waals surface area contributed by atoms with E-state index in [0.717, 1.165) is 18.8 Å². The minimum absolute atomic E-state index is 0.0907. The van der Waals surface area contributed by atoms with E-state index in [9.17, 15) is 4.79 Å². The molecule has 1 aliphatic rings. The average Bonchev–Trinajstić information content (AvgIpc) is 2.87. The first-order valence-corrected chi connectivity index (χ1v) is 5.97. The summed E-state index contributed by atoms with van der Waals surface area (Å²) in [5, 5.41) is 0. The largest absolute Gasteiger partial charge is 0.469 e. The van der Waals surface area contributed by atoms with Gasteiger partial charge in [0.25, 0.3) is 0 Å². The van der Waals surface area contributed by atoms with Crippen molar-refractivity contribution in [3.8, 4) is 0 Å². The predicted octanol–water partition coefficient (Wildman–Crippen LogP) is 0.110. The molecule has 1 aromatic rings. The van der Waals surface area contributed by atoms with Gasteiger partial charge in [0.05, 0.1) is 25.4 Å². The van der Waals surface area contributed by atoms with Crippen LogP contribution < -0.4 is 10.6 Å². The van der Waals surface area contributed by atoms with Crippen LogP contribution in [0.1, 0.15) is 12.1 Å². The summed E-state index contributed by atoms with van der Waals surface area (Å²) < 4.78 is 4.73. The lowest BCUT2D eigenvalue weighted by Gasteiger charge is -2.16. The number of carbonyl (C=O) groups is 1. The standard InChI is InChI=1S/C11H14N4O2S/c1-17-11(16)7-2-3-15(6-7)9-5-13-8(4-14-9)10(12)18/h4-5,7H,2-3,6H2,1H3,(H2,12,18). The Morgan fingerprint density at radius 3 is 2.89 bits per heavy atom. The SMILES string of the molecule is COC(=O)C1CCN(c2cnc(C(N)=S)cn2)C1. The smallest absolute Gasteiger partial charge is 0.310 e. The van der Waals surface area contributed by atoms with Gasteiger partial charge in [-0.1, -0.05) is 12.2 Å². The number of nitrogens with two attached hydrogens (primary N) is 1. The van der Waals surface area contributed by atoms with Gasteiger partial charge in [0, 0.05) is 13.1 Å². The monoisotopic (exact) mass is 266 g/mol. The number of thiocarbonyl (C=S) groups is 1. The van der Waals surface area contributed by atoms with Crippen LogP contribution >= 0.6 is 12.2 Å². The van der Waals surface area contributed by atoms with E-state index in [-0.39, 0.29) is 16.9 Å². The van der Waals surface area contributed by atoms with Crippen molar-refractivity contribution in [2.45, 2.75) is 6.42 Å². The quantitative estimate of drug-likeness (QED) is 0.614. The molecule has 1 unspecified atom stereocenters. The first-order valence-electron chi connectivity index (χ1n) is 5.56. The summed E-state index contributed by atoms with van der Waals surface area (Å²) in [4.78, 5) is 22.0. The zero-order chi connectivity index (χ0) is 13.1. The van der Waals surface area contributed by atoms with E-state index in [1.165, 1.54) is 7.11 Å². The van der Waals surface area contributed by atoms with Crippen molar-refractivity contribution < 1.29 is 9.53 Å². The highest BCUT2D eigenvalue weighted by Gasteiger charge is 2.29. The van der Waals surface area contributed by atoms with Crippen molar-refractivity contribution in [3.63, 3.8) is 0 Å². The lowest BCUT2D eigenvalue weighted by atomic mass is 10.1. The Balaban J connectivity index is 2.05. The number of hydrogen-bond donors (Lipinski definition) is 1. The first kappa shape index (κ1) is 12.7. The molecule has 1 saturated heterocycles. The van der Waals surface area contributed by atoms with Gasteiger partial charge in [0.15, 0.2) is 0 Å². The number of carbonyl (C=O) groups excluding carboxylic acids is 1. The minimum Gasteiger partial charge on any atom is -0.469 e. The fourth-order valence-electron chi connectivity index (χ4n) is 1.94. The number of methoxy groups -OCH3 is 1. The van der Waals surface area contributed by atoms with E-state index in [1.54, 1.807) is 12.4 Å². The highest BCUT2D eigenvalue weighted by atomic mass is 32.1. The van der Waals surface area contributed by atoms with Crippen molar-refractivity contribution in [1.29, 1.82) is 0 Å². The fraction of sp³-hybridized carbons (Fsp3) is 0.455. The van der Waals surface area contributed by atoms with E-state index < -0.39 is 0 Å². The molecule has 0 spiro atoms. The second kappa shape index (κ2) is 5.26. The summed E-state index contributed by atoms with van der Waals surface area (Å²) in [5.74, 6) is 0.457. The number of aromatic nitrogens is 2. The number of anilines is 1. The summed E-state index contributed by atoms with van der Waals surface area (Å²) >= 11 is 4.81. The van der Waals surface area contributed by atoms with E-state index >= 15 is 0 Å². The Hall–Kier alpha value is -1.76. The molecule has 1 aromatic heterocycles. The van der Waals surface area contributed by atoms with E-state index in [4.69, 9.17) is 22.7 Å². The summed E-state index contributed by atoms with van der Waals surface area (Å²) in [6, 6.07) is 0. The van der Waals surface area contributed by atoms with Crippen LogP contribution in [0.3, 0.4) is 0 Å². The van der Waals surface area contributed by atoms with Crippen LogP contribution in [0.2, 0.25) is 0 Å². The highest BCUT2D eigenvalue weighted by molar-refractivity contribution is 7.80. The molecular formula is C11H14N4O2S. The van der Waals surface area contributed by atoms with Gasteiger partial charge in [0.1, 0.15) is 16.5 Å². The molecule has 0 amide bonds. The Morgan fingerprint density at radius 2 is 2.33 bits per heavy atom. The molecule has 2 rings (SSSR count). The van der Waals surface area contributed by atoms with Crippen LogP contribution in [-0.2, 0) is 9.53 Å². The van der Waals surface area contributed by atoms with Gasteiger partial charge in [-0.3, -0.25) is 4.79 Å². The van der Waals surface area contributed by atoms with Crippen molar-refractivity contribution in [1.82, 2.24) is 9.97 Å². The molecule has 0 saturated carbocycles. The van der Waals surface area contributed by atoms with Crippen LogP contribution in [0.25, 0.3) is 0 Å². The highest BCUT2D eigenvalue weighted by Crippen LogP contribution is 2.22.